The fourth-order valence-electron chi connectivity index (χ4n) is 2.19. The lowest BCUT2D eigenvalue weighted by molar-refractivity contribution is 0.366. The highest BCUT2D eigenvalue weighted by Gasteiger charge is 2.15. The summed E-state index contributed by atoms with van der Waals surface area (Å²) in [5, 5.41) is 2.11. The van der Waals surface area contributed by atoms with Crippen molar-refractivity contribution in [1.82, 2.24) is 4.58 Å². The van der Waals surface area contributed by atoms with Crippen LogP contribution in [0.3, 0.4) is 0 Å². The molecule has 0 spiro atoms. The highest BCUT2D eigenvalue weighted by Crippen LogP contribution is 2.18. The summed E-state index contributed by atoms with van der Waals surface area (Å²) < 4.78 is 41.1. The first-order valence-electron chi connectivity index (χ1n) is 6.84. The topological polar surface area (TPSA) is 93.6 Å². The van der Waals surface area contributed by atoms with Crippen LogP contribution < -0.4 is 9.44 Å². The average molecular weight is 343 g/mol. The monoisotopic (exact) mass is 343 g/mol. The molecule has 1 aliphatic heterocycles. The first-order chi connectivity index (χ1) is 10.4. The number of nitrogens with zero attached hydrogens (tertiary/aromatic N) is 1. The van der Waals surface area contributed by atoms with Crippen molar-refractivity contribution in [3.63, 3.8) is 0 Å². The molecule has 1 fully saturated rings. The standard InChI is InChI=1S/C14H16NOS.H2O4S/c1-3-7-12(8-4-1)13-11-17-14(16-13)15-9-5-2-6-10-15;1-5(2,3)4/h1,3-4,7-8,11H,2,5-6,9-10H2;(H2,1,2,3,4)/q+1;/p-1. The Morgan fingerprint density at radius 3 is 2.32 bits per heavy atom. The van der Waals surface area contributed by atoms with Crippen molar-refractivity contribution in [2.45, 2.75) is 19.3 Å². The zero-order chi connectivity index (χ0) is 16.0. The maximum Gasteiger partial charge on any atom is 0.430 e. The lowest BCUT2D eigenvalue weighted by Crippen LogP contribution is -2.32. The molecular weight excluding hydrogens is 326 g/mol. The molecular formula is C14H17NO5S2. The van der Waals surface area contributed by atoms with Crippen LogP contribution in [-0.4, -0.2) is 30.6 Å². The quantitative estimate of drug-likeness (QED) is 0.485. The Morgan fingerprint density at radius 2 is 1.73 bits per heavy atom. The normalized spacial score (nSPS) is 15.1. The summed E-state index contributed by atoms with van der Waals surface area (Å²) >= 11 is 1.71. The Hall–Kier alpha value is -1.48. The van der Waals surface area contributed by atoms with Crippen molar-refractivity contribution in [2.75, 3.05) is 13.1 Å². The molecule has 0 atom stereocenters. The largest absolute Gasteiger partial charge is 0.726 e. The molecule has 2 aromatic rings. The highest BCUT2D eigenvalue weighted by atomic mass is 32.3. The van der Waals surface area contributed by atoms with E-state index in [0.717, 1.165) is 29.3 Å². The lowest BCUT2D eigenvalue weighted by atomic mass is 10.2. The van der Waals surface area contributed by atoms with Crippen molar-refractivity contribution < 1.29 is 21.9 Å². The van der Waals surface area contributed by atoms with Gasteiger partial charge in [-0.15, -0.1) is 0 Å². The average Bonchev–Trinajstić information content (AvgIpc) is 2.97. The SMILES string of the molecule is O=S(=O)([O-])O.c1ccc(-c2csc(=[N+]3CCCCC3)o2)cc1. The molecule has 1 aromatic heterocycles. The molecule has 0 saturated carbocycles. The van der Waals surface area contributed by atoms with Gasteiger partial charge in [-0.05, 0) is 17.8 Å². The molecule has 22 heavy (non-hydrogen) atoms. The van der Waals surface area contributed by atoms with Gasteiger partial charge in [0, 0.05) is 23.8 Å². The summed E-state index contributed by atoms with van der Waals surface area (Å²) in [5.74, 6) is 0.983. The van der Waals surface area contributed by atoms with Crippen LogP contribution in [0.25, 0.3) is 11.3 Å². The van der Waals surface area contributed by atoms with Crippen molar-refractivity contribution >= 4 is 21.7 Å². The molecule has 8 heteroatoms. The van der Waals surface area contributed by atoms with E-state index in [1.54, 1.807) is 11.3 Å². The Morgan fingerprint density at radius 1 is 1.14 bits per heavy atom. The zero-order valence-corrected chi connectivity index (χ0v) is 13.5. The van der Waals surface area contributed by atoms with Gasteiger partial charge >= 0.3 is 4.87 Å². The van der Waals surface area contributed by atoms with Crippen LogP contribution in [0.2, 0.25) is 0 Å². The van der Waals surface area contributed by atoms with Gasteiger partial charge in [0.25, 0.3) is 0 Å². The van der Waals surface area contributed by atoms with Crippen molar-refractivity contribution in [1.29, 1.82) is 0 Å². The van der Waals surface area contributed by atoms with E-state index in [0.29, 0.717) is 0 Å². The molecule has 1 aliphatic rings. The van der Waals surface area contributed by atoms with Crippen molar-refractivity contribution in [3.8, 4) is 11.3 Å². The second-order valence-electron chi connectivity index (χ2n) is 4.81. The summed E-state index contributed by atoms with van der Waals surface area (Å²) in [6, 6.07) is 10.3. The van der Waals surface area contributed by atoms with Gasteiger partial charge in [-0.1, -0.05) is 30.3 Å². The Balaban J connectivity index is 0.000000309. The van der Waals surface area contributed by atoms with Gasteiger partial charge in [0.1, 0.15) is 13.1 Å². The van der Waals surface area contributed by atoms with E-state index in [1.165, 1.54) is 19.3 Å². The lowest BCUT2D eigenvalue weighted by Gasteiger charge is -2.06. The van der Waals surface area contributed by atoms with Crippen LogP contribution in [0.15, 0.2) is 40.1 Å². The van der Waals surface area contributed by atoms with Crippen LogP contribution in [0.1, 0.15) is 19.3 Å². The number of piperidine rings is 1. The molecule has 0 radical (unpaired) electrons. The third kappa shape index (κ3) is 5.72. The number of rotatable bonds is 1. The first kappa shape index (κ1) is 16.9. The molecule has 0 aliphatic carbocycles. The summed E-state index contributed by atoms with van der Waals surface area (Å²) in [7, 11) is -4.92. The van der Waals surface area contributed by atoms with Gasteiger partial charge in [-0.3, -0.25) is 4.55 Å². The molecule has 2 heterocycles. The first-order valence-corrected chi connectivity index (χ1v) is 9.08. The van der Waals surface area contributed by atoms with Crippen molar-refractivity contribution in [3.05, 3.63) is 40.6 Å². The maximum atomic E-state index is 8.63. The van der Waals surface area contributed by atoms with E-state index >= 15 is 0 Å². The molecule has 0 bridgehead atoms. The minimum atomic E-state index is -4.92. The summed E-state index contributed by atoms with van der Waals surface area (Å²) in [6.07, 6.45) is 3.93. The smallest absolute Gasteiger partial charge is 0.430 e. The second kappa shape index (κ2) is 7.68. The van der Waals surface area contributed by atoms with Gasteiger partial charge in [0.2, 0.25) is 10.4 Å². The fourth-order valence-corrected chi connectivity index (χ4v) is 3.05. The molecule has 0 amide bonds. The Labute approximate surface area is 132 Å². The van der Waals surface area contributed by atoms with E-state index < -0.39 is 10.4 Å². The molecule has 1 aromatic carbocycles. The van der Waals surface area contributed by atoms with E-state index in [-0.39, 0.29) is 0 Å². The summed E-state index contributed by atoms with van der Waals surface area (Å²) in [5.41, 5.74) is 1.16. The Bertz CT molecular complexity index is 746. The third-order valence-electron chi connectivity index (χ3n) is 3.14. The predicted octanol–water partition coefficient (Wildman–Crippen LogP) is 1.97. The number of benzene rings is 1. The van der Waals surface area contributed by atoms with Crippen LogP contribution in [0.5, 0.6) is 0 Å². The highest BCUT2D eigenvalue weighted by molar-refractivity contribution is 7.79. The summed E-state index contributed by atoms with van der Waals surface area (Å²) in [4.78, 5) is 1.06. The van der Waals surface area contributed by atoms with E-state index in [1.807, 2.05) is 18.2 Å². The van der Waals surface area contributed by atoms with E-state index in [2.05, 4.69) is 22.1 Å². The van der Waals surface area contributed by atoms with Gasteiger partial charge in [-0.25, -0.2) is 8.42 Å². The van der Waals surface area contributed by atoms with E-state index in [4.69, 9.17) is 21.9 Å². The predicted molar refractivity (Wildman–Crippen MR) is 83.2 cm³/mol. The molecule has 0 unspecified atom stereocenters. The van der Waals surface area contributed by atoms with Crippen LogP contribution in [0, 0.1) is 0 Å². The molecule has 1 saturated heterocycles. The maximum absolute atomic E-state index is 8.63. The van der Waals surface area contributed by atoms with Gasteiger partial charge in [0.15, 0.2) is 5.76 Å². The van der Waals surface area contributed by atoms with Crippen LogP contribution in [0.4, 0.5) is 0 Å². The van der Waals surface area contributed by atoms with Gasteiger partial charge < -0.3 is 8.97 Å². The molecule has 1 N–H and O–H groups in total. The van der Waals surface area contributed by atoms with Crippen molar-refractivity contribution in [2.24, 2.45) is 0 Å². The molecule has 6 nitrogen and oxygen atoms in total. The summed E-state index contributed by atoms with van der Waals surface area (Å²) in [6.45, 7) is 2.27. The van der Waals surface area contributed by atoms with Gasteiger partial charge in [0.05, 0.1) is 0 Å². The van der Waals surface area contributed by atoms with Gasteiger partial charge in [-0.2, -0.15) is 4.58 Å². The minimum Gasteiger partial charge on any atom is -0.726 e. The van der Waals surface area contributed by atoms with E-state index in [9.17, 15) is 0 Å². The fraction of sp³-hybridized carbons (Fsp3) is 0.357. The minimum absolute atomic E-state index is 0.983. The molecule has 3 rings (SSSR count). The third-order valence-corrected chi connectivity index (χ3v) is 4.01. The Kier molecular flexibility index (Phi) is 5.90. The van der Waals surface area contributed by atoms with Crippen LogP contribution in [-0.2, 0) is 10.4 Å². The second-order valence-corrected chi connectivity index (χ2v) is 6.49. The van der Waals surface area contributed by atoms with Crippen LogP contribution >= 0.6 is 11.3 Å². The number of hydrogen-bond donors (Lipinski definition) is 1. The molecule has 120 valence electrons. The number of hydrogen-bond acceptors (Lipinski definition) is 5. The zero-order valence-electron chi connectivity index (χ0n) is 11.8.